The van der Waals surface area contributed by atoms with Gasteiger partial charge in [-0.2, -0.15) is 0 Å². The second-order valence-electron chi connectivity index (χ2n) is 4.15. The zero-order valence-electron chi connectivity index (χ0n) is 10.5. The van der Waals surface area contributed by atoms with Crippen molar-refractivity contribution in [2.24, 2.45) is 0 Å². The Morgan fingerprint density at radius 2 is 2.11 bits per heavy atom. The molecule has 0 saturated carbocycles. The van der Waals surface area contributed by atoms with E-state index in [0.29, 0.717) is 5.75 Å². The van der Waals surface area contributed by atoms with Gasteiger partial charge in [0.05, 0.1) is 6.10 Å². The Balaban J connectivity index is 2.23. The summed E-state index contributed by atoms with van der Waals surface area (Å²) in [5.74, 6) is -0.360. The molecule has 0 unspecified atom stereocenters. The first-order valence-corrected chi connectivity index (χ1v) is 6.58. The smallest absolute Gasteiger partial charge is 0.323 e. The standard InChI is InChI=1S/C10H17N3O4S/c1-5(2)17-9(15)6(3)13-18-4-7-8(14)12-10(16)11-7/h5-7,13H,4H2,1-3H3,(H2,11,12,14,16)/t6-,7+/m0/s1. The normalized spacial score (nSPS) is 20.6. The van der Waals surface area contributed by atoms with E-state index in [0.717, 1.165) is 0 Å². The van der Waals surface area contributed by atoms with Gasteiger partial charge in [0, 0.05) is 5.75 Å². The van der Waals surface area contributed by atoms with Crippen LogP contribution in [-0.4, -0.2) is 41.8 Å². The van der Waals surface area contributed by atoms with Crippen LogP contribution in [0.5, 0.6) is 0 Å². The minimum atomic E-state index is -0.566. The topological polar surface area (TPSA) is 96.5 Å². The molecule has 0 bridgehead atoms. The fourth-order valence-corrected chi connectivity index (χ4v) is 2.06. The monoisotopic (exact) mass is 275 g/mol. The highest BCUT2D eigenvalue weighted by Gasteiger charge is 2.29. The van der Waals surface area contributed by atoms with Gasteiger partial charge in [0.15, 0.2) is 0 Å². The number of ether oxygens (including phenoxy) is 1. The molecule has 1 rings (SSSR count). The lowest BCUT2D eigenvalue weighted by atomic mass is 10.3. The van der Waals surface area contributed by atoms with E-state index < -0.39 is 18.1 Å². The van der Waals surface area contributed by atoms with Gasteiger partial charge in [-0.15, -0.1) is 0 Å². The van der Waals surface area contributed by atoms with Crippen LogP contribution >= 0.6 is 11.9 Å². The maximum Gasteiger partial charge on any atom is 0.323 e. The van der Waals surface area contributed by atoms with E-state index in [1.54, 1.807) is 20.8 Å². The summed E-state index contributed by atoms with van der Waals surface area (Å²) in [4.78, 5) is 33.5. The molecule has 0 spiro atoms. The van der Waals surface area contributed by atoms with Gasteiger partial charge in [-0.05, 0) is 20.8 Å². The Morgan fingerprint density at radius 1 is 1.44 bits per heavy atom. The van der Waals surface area contributed by atoms with Crippen molar-refractivity contribution >= 4 is 29.9 Å². The van der Waals surface area contributed by atoms with Gasteiger partial charge < -0.3 is 10.1 Å². The molecule has 0 aromatic heterocycles. The molecular weight excluding hydrogens is 258 g/mol. The van der Waals surface area contributed by atoms with E-state index in [1.165, 1.54) is 11.9 Å². The molecule has 0 aliphatic carbocycles. The fourth-order valence-electron chi connectivity index (χ4n) is 1.22. The minimum Gasteiger partial charge on any atom is -0.462 e. The number of esters is 1. The maximum atomic E-state index is 11.4. The van der Waals surface area contributed by atoms with Crippen molar-refractivity contribution in [3.8, 4) is 0 Å². The highest BCUT2D eigenvalue weighted by Crippen LogP contribution is 2.05. The molecule has 7 nitrogen and oxygen atoms in total. The highest BCUT2D eigenvalue weighted by molar-refractivity contribution is 7.97. The Hall–Kier alpha value is -1.28. The van der Waals surface area contributed by atoms with Crippen molar-refractivity contribution < 1.29 is 19.1 Å². The first kappa shape index (κ1) is 14.8. The number of rotatable bonds is 6. The SMILES string of the molecule is CC(C)OC(=O)[C@H](C)NSC[C@H]1NC(=O)NC1=O. The van der Waals surface area contributed by atoms with Crippen molar-refractivity contribution in [2.75, 3.05) is 5.75 Å². The second kappa shape index (κ2) is 6.60. The van der Waals surface area contributed by atoms with Crippen LogP contribution in [0, 0.1) is 0 Å². The number of hydrogen-bond donors (Lipinski definition) is 3. The van der Waals surface area contributed by atoms with Crippen molar-refractivity contribution in [1.82, 2.24) is 15.4 Å². The summed E-state index contributed by atoms with van der Waals surface area (Å²) in [6.07, 6.45) is -0.161. The summed E-state index contributed by atoms with van der Waals surface area (Å²) in [5, 5.41) is 4.59. The highest BCUT2D eigenvalue weighted by atomic mass is 32.2. The molecule has 1 fully saturated rings. The Morgan fingerprint density at radius 3 is 2.61 bits per heavy atom. The van der Waals surface area contributed by atoms with Gasteiger partial charge in [0.25, 0.3) is 5.91 Å². The molecule has 1 saturated heterocycles. The number of imide groups is 1. The summed E-state index contributed by atoms with van der Waals surface area (Å²) >= 11 is 1.19. The summed E-state index contributed by atoms with van der Waals surface area (Å²) in [6.45, 7) is 5.22. The van der Waals surface area contributed by atoms with E-state index in [9.17, 15) is 14.4 Å². The van der Waals surface area contributed by atoms with E-state index in [1.807, 2.05) is 0 Å². The third-order valence-corrected chi connectivity index (χ3v) is 3.09. The molecule has 2 atom stereocenters. The molecule has 102 valence electrons. The third kappa shape index (κ3) is 4.53. The lowest BCUT2D eigenvalue weighted by Gasteiger charge is -2.15. The van der Waals surface area contributed by atoms with Crippen LogP contribution in [0.15, 0.2) is 0 Å². The van der Waals surface area contributed by atoms with Gasteiger partial charge >= 0.3 is 12.0 Å². The van der Waals surface area contributed by atoms with Crippen LogP contribution in [-0.2, 0) is 14.3 Å². The van der Waals surface area contributed by atoms with Crippen molar-refractivity contribution in [3.05, 3.63) is 0 Å². The van der Waals surface area contributed by atoms with Crippen molar-refractivity contribution in [2.45, 2.75) is 39.0 Å². The molecular formula is C10H17N3O4S. The number of urea groups is 1. The molecule has 0 radical (unpaired) electrons. The number of nitrogens with one attached hydrogen (secondary N) is 3. The van der Waals surface area contributed by atoms with Gasteiger partial charge in [0.2, 0.25) is 0 Å². The van der Waals surface area contributed by atoms with Crippen molar-refractivity contribution in [3.63, 3.8) is 0 Å². The summed E-state index contributed by atoms with van der Waals surface area (Å²) in [6, 6.07) is -1.53. The Labute approximate surface area is 110 Å². The van der Waals surface area contributed by atoms with Crippen LogP contribution in [0.4, 0.5) is 4.79 Å². The molecule has 18 heavy (non-hydrogen) atoms. The second-order valence-corrected chi connectivity index (χ2v) is 5.01. The minimum absolute atomic E-state index is 0.161. The molecule has 1 aliphatic heterocycles. The molecule has 1 aliphatic rings. The summed E-state index contributed by atoms with van der Waals surface area (Å²) in [5.41, 5.74) is 0. The Bertz CT molecular complexity index is 348. The molecule has 3 N–H and O–H groups in total. The predicted molar refractivity (Wildman–Crippen MR) is 66.7 cm³/mol. The van der Waals surface area contributed by atoms with E-state index in [2.05, 4.69) is 15.4 Å². The fraction of sp³-hybridized carbons (Fsp3) is 0.700. The van der Waals surface area contributed by atoms with Gasteiger partial charge in [-0.25, -0.2) is 4.79 Å². The lowest BCUT2D eigenvalue weighted by Crippen LogP contribution is -2.36. The number of carbonyl (C=O) groups excluding carboxylic acids is 3. The van der Waals surface area contributed by atoms with Crippen LogP contribution < -0.4 is 15.4 Å². The quantitative estimate of drug-likeness (QED) is 0.352. The summed E-state index contributed by atoms with van der Waals surface area (Å²) < 4.78 is 7.87. The van der Waals surface area contributed by atoms with Gasteiger partial charge in [0.1, 0.15) is 12.1 Å². The predicted octanol–water partition coefficient (Wildman–Crippen LogP) is -0.228. The molecule has 0 aromatic carbocycles. The van der Waals surface area contributed by atoms with Crippen LogP contribution in [0.2, 0.25) is 0 Å². The number of hydrogen-bond acceptors (Lipinski definition) is 6. The van der Waals surface area contributed by atoms with Gasteiger partial charge in [-0.1, -0.05) is 11.9 Å². The maximum absolute atomic E-state index is 11.4. The molecule has 8 heteroatoms. The van der Waals surface area contributed by atoms with E-state index in [-0.39, 0.29) is 18.0 Å². The molecule has 1 heterocycles. The molecule has 3 amide bonds. The zero-order valence-corrected chi connectivity index (χ0v) is 11.3. The van der Waals surface area contributed by atoms with Crippen LogP contribution in [0.25, 0.3) is 0 Å². The van der Waals surface area contributed by atoms with Gasteiger partial charge in [-0.3, -0.25) is 19.6 Å². The van der Waals surface area contributed by atoms with Crippen LogP contribution in [0.1, 0.15) is 20.8 Å². The average Bonchev–Trinajstić information content (AvgIpc) is 2.56. The number of carbonyl (C=O) groups is 3. The third-order valence-electron chi connectivity index (χ3n) is 2.07. The Kier molecular flexibility index (Phi) is 5.42. The molecule has 0 aromatic rings. The summed E-state index contributed by atoms with van der Waals surface area (Å²) in [7, 11) is 0. The van der Waals surface area contributed by atoms with Crippen LogP contribution in [0.3, 0.4) is 0 Å². The van der Waals surface area contributed by atoms with E-state index in [4.69, 9.17) is 4.74 Å². The average molecular weight is 275 g/mol. The first-order valence-electron chi connectivity index (χ1n) is 5.59. The largest absolute Gasteiger partial charge is 0.462 e. The first-order chi connectivity index (χ1) is 8.40. The number of amides is 3. The van der Waals surface area contributed by atoms with Crippen molar-refractivity contribution in [1.29, 1.82) is 0 Å². The lowest BCUT2D eigenvalue weighted by molar-refractivity contribution is -0.148. The zero-order chi connectivity index (χ0) is 13.7. The van der Waals surface area contributed by atoms with E-state index >= 15 is 0 Å².